The van der Waals surface area contributed by atoms with Gasteiger partial charge in [-0.1, -0.05) is 34.1 Å². The van der Waals surface area contributed by atoms with Crippen LogP contribution in [-0.4, -0.2) is 0 Å². The molecule has 0 saturated heterocycles. The van der Waals surface area contributed by atoms with Gasteiger partial charge >= 0.3 is 0 Å². The van der Waals surface area contributed by atoms with Crippen molar-refractivity contribution in [1.29, 1.82) is 0 Å². The molecule has 0 atom stereocenters. The molecule has 4 heteroatoms. The lowest BCUT2D eigenvalue weighted by Crippen LogP contribution is -1.96. The summed E-state index contributed by atoms with van der Waals surface area (Å²) in [5, 5.41) is 0. The molecule has 1 aromatic carbocycles. The fourth-order valence-corrected chi connectivity index (χ4v) is 2.14. The normalized spacial score (nSPS) is 10.8. The van der Waals surface area contributed by atoms with Gasteiger partial charge in [-0.2, -0.15) is 0 Å². The molecule has 2 N–H and O–H groups in total. The largest absolute Gasteiger partial charge is 0.462 e. The molecule has 0 fully saturated rings. The lowest BCUT2D eigenvalue weighted by atomic mass is 10.2. The maximum Gasteiger partial charge on any atom is 0.130 e. The molecule has 2 rings (SSSR count). The second-order valence-electron chi connectivity index (χ2n) is 4.11. The first kappa shape index (κ1) is 13.3. The van der Waals surface area contributed by atoms with Crippen LogP contribution in [0, 0.1) is 6.92 Å². The van der Waals surface area contributed by atoms with E-state index in [-0.39, 0.29) is 0 Å². The first-order chi connectivity index (χ1) is 8.70. The molecule has 0 unspecified atom stereocenters. The van der Waals surface area contributed by atoms with E-state index in [0.717, 1.165) is 27.1 Å². The fraction of sp³-hybridized carbons (Fsp3) is 0.286. The van der Waals surface area contributed by atoms with E-state index >= 15 is 0 Å². The molecule has 18 heavy (non-hydrogen) atoms. The average molecular weight is 310 g/mol. The van der Waals surface area contributed by atoms with Crippen molar-refractivity contribution in [1.82, 2.24) is 0 Å². The predicted octanol–water partition coefficient (Wildman–Crippen LogP) is 3.53. The molecule has 0 radical (unpaired) electrons. The van der Waals surface area contributed by atoms with Crippen LogP contribution < -0.4 is 5.73 Å². The topological polar surface area (TPSA) is 48.4 Å². The van der Waals surface area contributed by atoms with E-state index in [9.17, 15) is 0 Å². The Kier molecular flexibility index (Phi) is 4.58. The lowest BCUT2D eigenvalue weighted by Gasteiger charge is -2.04. The van der Waals surface area contributed by atoms with Gasteiger partial charge in [-0.05, 0) is 30.2 Å². The standard InChI is InChI=1S/C14H16BrNO2/c1-10-6-12(18-14(10)7-16)9-17-8-11-4-2-3-5-13(11)15/h2-6H,7-9,16H2,1H3. The zero-order valence-electron chi connectivity index (χ0n) is 10.3. The van der Waals surface area contributed by atoms with Crippen LogP contribution in [0.5, 0.6) is 0 Å². The molecule has 3 nitrogen and oxygen atoms in total. The summed E-state index contributed by atoms with van der Waals surface area (Å²) in [5.41, 5.74) is 7.77. The Bertz CT molecular complexity index is 522. The van der Waals surface area contributed by atoms with Gasteiger partial charge in [-0.3, -0.25) is 0 Å². The van der Waals surface area contributed by atoms with E-state index < -0.39 is 0 Å². The molecule has 96 valence electrons. The molecule has 0 aliphatic rings. The van der Waals surface area contributed by atoms with Crippen LogP contribution in [0.2, 0.25) is 0 Å². The van der Waals surface area contributed by atoms with Crippen molar-refractivity contribution in [2.45, 2.75) is 26.7 Å². The number of aryl methyl sites for hydroxylation is 1. The number of rotatable bonds is 5. The molecule has 0 bridgehead atoms. The Labute approximate surface area is 115 Å². The number of furan rings is 1. The van der Waals surface area contributed by atoms with Gasteiger partial charge in [0, 0.05) is 4.47 Å². The monoisotopic (exact) mass is 309 g/mol. The first-order valence-corrected chi connectivity index (χ1v) is 6.59. The van der Waals surface area contributed by atoms with E-state index in [2.05, 4.69) is 15.9 Å². The maximum atomic E-state index is 5.63. The summed E-state index contributed by atoms with van der Waals surface area (Å²) in [6.07, 6.45) is 0. The fourth-order valence-electron chi connectivity index (χ4n) is 1.74. The summed E-state index contributed by atoms with van der Waals surface area (Å²) in [6.45, 7) is 3.43. The summed E-state index contributed by atoms with van der Waals surface area (Å²) in [6, 6.07) is 9.98. The zero-order chi connectivity index (χ0) is 13.0. The van der Waals surface area contributed by atoms with Crippen LogP contribution in [0.1, 0.15) is 22.6 Å². The van der Waals surface area contributed by atoms with E-state index in [4.69, 9.17) is 14.9 Å². The number of nitrogens with two attached hydrogens (primary N) is 1. The van der Waals surface area contributed by atoms with Crippen LogP contribution in [0.3, 0.4) is 0 Å². The molecule has 0 aliphatic carbocycles. The number of benzene rings is 1. The summed E-state index contributed by atoms with van der Waals surface area (Å²) in [5.74, 6) is 1.65. The lowest BCUT2D eigenvalue weighted by molar-refractivity contribution is 0.0917. The number of hydrogen-bond donors (Lipinski definition) is 1. The number of hydrogen-bond acceptors (Lipinski definition) is 3. The Morgan fingerprint density at radius 1 is 1.28 bits per heavy atom. The minimum absolute atomic E-state index is 0.427. The third-order valence-corrected chi connectivity index (χ3v) is 3.49. The van der Waals surface area contributed by atoms with Gasteiger partial charge in [0.15, 0.2) is 0 Å². The Morgan fingerprint density at radius 3 is 2.72 bits per heavy atom. The number of ether oxygens (including phenoxy) is 1. The molecular weight excluding hydrogens is 294 g/mol. The predicted molar refractivity (Wildman–Crippen MR) is 74.0 cm³/mol. The van der Waals surface area contributed by atoms with Gasteiger partial charge in [-0.15, -0.1) is 0 Å². The molecule has 0 spiro atoms. The van der Waals surface area contributed by atoms with E-state index in [0.29, 0.717) is 19.8 Å². The Hall–Kier alpha value is -1.10. The first-order valence-electron chi connectivity index (χ1n) is 5.80. The maximum absolute atomic E-state index is 5.63. The van der Waals surface area contributed by atoms with Crippen LogP contribution in [0.25, 0.3) is 0 Å². The van der Waals surface area contributed by atoms with E-state index in [1.54, 1.807) is 0 Å². The van der Waals surface area contributed by atoms with E-state index in [1.807, 2.05) is 37.3 Å². The molecule has 1 heterocycles. The SMILES string of the molecule is Cc1cc(COCc2ccccc2Br)oc1CN. The minimum atomic E-state index is 0.427. The smallest absolute Gasteiger partial charge is 0.130 e. The summed E-state index contributed by atoms with van der Waals surface area (Å²) < 4.78 is 12.3. The highest BCUT2D eigenvalue weighted by Gasteiger charge is 2.06. The van der Waals surface area contributed by atoms with E-state index in [1.165, 1.54) is 0 Å². The highest BCUT2D eigenvalue weighted by atomic mass is 79.9. The van der Waals surface area contributed by atoms with Crippen LogP contribution in [-0.2, 0) is 24.5 Å². The summed E-state index contributed by atoms with van der Waals surface area (Å²) in [7, 11) is 0. The number of halogens is 1. The van der Waals surface area contributed by atoms with Crippen molar-refractivity contribution in [3.63, 3.8) is 0 Å². The zero-order valence-corrected chi connectivity index (χ0v) is 11.9. The summed E-state index contributed by atoms with van der Waals surface area (Å²) >= 11 is 3.49. The molecule has 0 amide bonds. The Morgan fingerprint density at radius 2 is 2.06 bits per heavy atom. The molecule has 2 aromatic rings. The van der Waals surface area contributed by atoms with Gasteiger partial charge in [-0.25, -0.2) is 0 Å². The van der Waals surface area contributed by atoms with Gasteiger partial charge in [0.2, 0.25) is 0 Å². The van der Waals surface area contributed by atoms with Crippen LogP contribution in [0.15, 0.2) is 39.2 Å². The highest BCUT2D eigenvalue weighted by Crippen LogP contribution is 2.19. The van der Waals surface area contributed by atoms with Gasteiger partial charge in [0.25, 0.3) is 0 Å². The molecular formula is C14H16BrNO2. The third-order valence-electron chi connectivity index (χ3n) is 2.72. The van der Waals surface area contributed by atoms with Crippen molar-refractivity contribution < 1.29 is 9.15 Å². The molecule has 0 aliphatic heterocycles. The van der Waals surface area contributed by atoms with Crippen molar-refractivity contribution in [2.75, 3.05) is 0 Å². The minimum Gasteiger partial charge on any atom is -0.462 e. The van der Waals surface area contributed by atoms with Crippen LogP contribution >= 0.6 is 15.9 Å². The molecule has 1 aromatic heterocycles. The second-order valence-corrected chi connectivity index (χ2v) is 4.96. The second kappa shape index (κ2) is 6.18. The van der Waals surface area contributed by atoms with Gasteiger partial charge in [0.05, 0.1) is 13.2 Å². The van der Waals surface area contributed by atoms with Crippen molar-refractivity contribution in [3.05, 3.63) is 57.5 Å². The Balaban J connectivity index is 1.90. The van der Waals surface area contributed by atoms with Crippen molar-refractivity contribution >= 4 is 15.9 Å². The quantitative estimate of drug-likeness (QED) is 0.919. The van der Waals surface area contributed by atoms with Crippen molar-refractivity contribution in [3.8, 4) is 0 Å². The summed E-state index contributed by atoms with van der Waals surface area (Å²) in [4.78, 5) is 0. The third kappa shape index (κ3) is 3.22. The van der Waals surface area contributed by atoms with Gasteiger partial charge in [0.1, 0.15) is 18.1 Å². The molecule has 0 saturated carbocycles. The average Bonchev–Trinajstić information content (AvgIpc) is 2.72. The van der Waals surface area contributed by atoms with Crippen molar-refractivity contribution in [2.24, 2.45) is 5.73 Å². The highest BCUT2D eigenvalue weighted by molar-refractivity contribution is 9.10. The van der Waals surface area contributed by atoms with Crippen LogP contribution in [0.4, 0.5) is 0 Å². The van der Waals surface area contributed by atoms with Gasteiger partial charge < -0.3 is 14.9 Å².